The zero-order valence-corrected chi connectivity index (χ0v) is 18.7. The van der Waals surface area contributed by atoms with Crippen molar-refractivity contribution in [2.75, 3.05) is 40.3 Å². The number of carbonyl (C=O) groups excluding carboxylic acids is 2. The second-order valence-electron chi connectivity index (χ2n) is 8.86. The van der Waals surface area contributed by atoms with E-state index in [1.165, 1.54) is 12.2 Å². The number of carboxylic acids is 1. The molecule has 5 unspecified atom stereocenters. The van der Waals surface area contributed by atoms with Gasteiger partial charge in [-0.3, -0.25) is 18.9 Å². The molecule has 5 atom stereocenters. The quantitative estimate of drug-likeness (QED) is 0.478. The van der Waals surface area contributed by atoms with E-state index in [9.17, 15) is 19.5 Å². The Morgan fingerprint density at radius 2 is 1.97 bits per heavy atom. The minimum Gasteiger partial charge on any atom is -0.480 e. The van der Waals surface area contributed by atoms with Gasteiger partial charge in [-0.15, -0.1) is 12.4 Å². The Hall–Kier alpha value is -2.07. The van der Waals surface area contributed by atoms with Gasteiger partial charge in [-0.2, -0.15) is 0 Å². The SMILES string of the molecule is CC1CN(C2=C3C(=O)C[N+]4(C)C=CC(C(=O)O)C(=O)C4C3CC=C2F)CCN1C.Cl.O. The van der Waals surface area contributed by atoms with Crippen LogP contribution < -0.4 is 0 Å². The molecule has 3 N–H and O–H groups in total. The van der Waals surface area contributed by atoms with Crippen molar-refractivity contribution in [3.8, 4) is 0 Å². The summed E-state index contributed by atoms with van der Waals surface area (Å²) in [4.78, 5) is 42.0. The molecule has 0 bridgehead atoms. The van der Waals surface area contributed by atoms with E-state index in [0.29, 0.717) is 24.4 Å². The van der Waals surface area contributed by atoms with Crippen LogP contribution in [0.3, 0.4) is 0 Å². The fourth-order valence-electron chi connectivity index (χ4n) is 5.25. The average molecular weight is 459 g/mol. The van der Waals surface area contributed by atoms with E-state index in [0.717, 1.165) is 6.54 Å². The molecule has 0 spiro atoms. The first-order valence-corrected chi connectivity index (χ1v) is 10.0. The Bertz CT molecular complexity index is 888. The average Bonchev–Trinajstić information content (AvgIpc) is 2.63. The van der Waals surface area contributed by atoms with Crippen molar-refractivity contribution >= 4 is 29.9 Å². The highest BCUT2D eigenvalue weighted by Crippen LogP contribution is 2.44. The van der Waals surface area contributed by atoms with Crippen molar-refractivity contribution in [3.05, 3.63) is 35.4 Å². The number of quaternary nitrogens is 1. The van der Waals surface area contributed by atoms with Gasteiger partial charge in [0, 0.05) is 31.2 Å². The number of likely N-dealkylation sites (N-methyl/N-ethyl adjacent to an activating group) is 2. The van der Waals surface area contributed by atoms with Crippen LogP contribution in [0.5, 0.6) is 0 Å². The van der Waals surface area contributed by atoms with Crippen molar-refractivity contribution in [1.82, 2.24) is 9.80 Å². The molecular weight excluding hydrogens is 429 g/mol. The summed E-state index contributed by atoms with van der Waals surface area (Å²) in [5.41, 5.74) is 0.682. The molecule has 0 saturated carbocycles. The van der Waals surface area contributed by atoms with Crippen LogP contribution in [0.4, 0.5) is 4.39 Å². The van der Waals surface area contributed by atoms with E-state index in [1.54, 1.807) is 13.2 Å². The number of ketones is 2. The molecule has 2 saturated heterocycles. The minimum atomic E-state index is -1.22. The highest BCUT2D eigenvalue weighted by atomic mass is 35.5. The number of carboxylic acid groups (broad SMARTS) is 1. The molecule has 0 radical (unpaired) electrons. The Morgan fingerprint density at radius 1 is 1.29 bits per heavy atom. The summed E-state index contributed by atoms with van der Waals surface area (Å²) in [5, 5.41) is 9.44. The van der Waals surface area contributed by atoms with Crippen molar-refractivity contribution in [3.63, 3.8) is 0 Å². The number of halogens is 2. The topological polar surface area (TPSA) is 109 Å². The third kappa shape index (κ3) is 3.95. The largest absolute Gasteiger partial charge is 0.480 e. The number of fused-ring (bicyclic) bond motifs is 3. The Balaban J connectivity index is 0.00000171. The van der Waals surface area contributed by atoms with Gasteiger partial charge >= 0.3 is 5.97 Å². The fraction of sp³-hybridized carbons (Fsp3) is 0.571. The highest BCUT2D eigenvalue weighted by Gasteiger charge is 2.57. The molecule has 3 aliphatic heterocycles. The minimum absolute atomic E-state index is 0. The first-order chi connectivity index (χ1) is 13.6. The summed E-state index contributed by atoms with van der Waals surface area (Å²) >= 11 is 0. The van der Waals surface area contributed by atoms with E-state index in [4.69, 9.17) is 0 Å². The van der Waals surface area contributed by atoms with Gasteiger partial charge in [0.25, 0.3) is 0 Å². The van der Waals surface area contributed by atoms with Gasteiger partial charge < -0.3 is 20.4 Å². The van der Waals surface area contributed by atoms with Gasteiger partial charge in [0.05, 0.1) is 24.9 Å². The van der Waals surface area contributed by atoms with Crippen molar-refractivity contribution in [2.45, 2.75) is 25.4 Å². The van der Waals surface area contributed by atoms with Gasteiger partial charge in [0.1, 0.15) is 18.3 Å². The summed E-state index contributed by atoms with van der Waals surface area (Å²) in [6.07, 6.45) is 4.72. The number of aliphatic carboxylic acids is 1. The van der Waals surface area contributed by atoms with E-state index >= 15 is 4.39 Å². The number of rotatable bonds is 2. The van der Waals surface area contributed by atoms with Crippen LogP contribution in [0.1, 0.15) is 13.3 Å². The Kier molecular flexibility index (Phi) is 7.17. The molecule has 0 aromatic rings. The van der Waals surface area contributed by atoms with Crippen LogP contribution in [0.2, 0.25) is 0 Å². The number of piperazine rings is 1. The van der Waals surface area contributed by atoms with Crippen molar-refractivity contribution in [1.29, 1.82) is 0 Å². The monoisotopic (exact) mass is 458 g/mol. The van der Waals surface area contributed by atoms with Crippen LogP contribution in [0.25, 0.3) is 0 Å². The van der Waals surface area contributed by atoms with Crippen LogP contribution >= 0.6 is 12.4 Å². The van der Waals surface area contributed by atoms with Crippen molar-refractivity contribution < 1.29 is 33.8 Å². The van der Waals surface area contributed by atoms with E-state index in [-0.39, 0.29) is 47.2 Å². The van der Waals surface area contributed by atoms with Gasteiger partial charge in [0.2, 0.25) is 11.6 Å². The molecule has 3 heterocycles. The maximum atomic E-state index is 15.0. The molecule has 1 aliphatic carbocycles. The number of nitrogens with zero attached hydrogens (tertiary/aromatic N) is 3. The third-order valence-corrected chi connectivity index (χ3v) is 6.96. The van der Waals surface area contributed by atoms with E-state index in [2.05, 4.69) is 11.8 Å². The van der Waals surface area contributed by atoms with Crippen LogP contribution in [0.15, 0.2) is 35.4 Å². The fourth-order valence-corrected chi connectivity index (χ4v) is 5.25. The Labute approximate surface area is 187 Å². The predicted octanol–water partition coefficient (Wildman–Crippen LogP) is 0.542. The lowest BCUT2D eigenvalue weighted by molar-refractivity contribution is -0.874. The summed E-state index contributed by atoms with van der Waals surface area (Å²) in [6, 6.07) is -0.488. The molecule has 4 aliphatic rings. The standard InChI is InChI=1S/C21H26FN3O4.ClH.H2O/c1-12-10-24(8-7-23(12)2)18-15(22)5-4-13-17(18)16(26)11-25(3)9-6-14(21(28)29)20(27)19(13)25;;/h5-6,9,12-14,19H,4,7-8,10-11H2,1-3H3;1H;1H2/p+1. The van der Waals surface area contributed by atoms with Crippen LogP contribution in [0, 0.1) is 11.8 Å². The van der Waals surface area contributed by atoms with E-state index < -0.39 is 35.5 Å². The smallest absolute Gasteiger partial charge is 0.318 e. The van der Waals surface area contributed by atoms with Crippen molar-refractivity contribution in [2.24, 2.45) is 11.8 Å². The predicted molar refractivity (Wildman–Crippen MR) is 114 cm³/mol. The molecule has 31 heavy (non-hydrogen) atoms. The second-order valence-corrected chi connectivity index (χ2v) is 8.86. The molecule has 172 valence electrons. The number of carbonyl (C=O) groups is 3. The van der Waals surface area contributed by atoms with E-state index in [1.807, 2.05) is 11.9 Å². The first-order valence-electron chi connectivity index (χ1n) is 10.0. The zero-order valence-electron chi connectivity index (χ0n) is 17.9. The maximum absolute atomic E-state index is 15.0. The van der Waals surface area contributed by atoms with Crippen LogP contribution in [-0.2, 0) is 14.4 Å². The lowest BCUT2D eigenvalue weighted by Gasteiger charge is -2.49. The number of hydrogen-bond acceptors (Lipinski definition) is 5. The molecule has 0 aromatic heterocycles. The highest BCUT2D eigenvalue weighted by molar-refractivity contribution is 6.06. The van der Waals surface area contributed by atoms with Gasteiger partial charge in [-0.1, -0.05) is 0 Å². The zero-order chi connectivity index (χ0) is 21.1. The van der Waals surface area contributed by atoms with Crippen LogP contribution in [-0.4, -0.2) is 94.8 Å². The molecule has 8 nitrogen and oxygen atoms in total. The summed E-state index contributed by atoms with van der Waals surface area (Å²) in [7, 11) is 3.79. The molecule has 4 rings (SSSR count). The summed E-state index contributed by atoms with van der Waals surface area (Å²) in [6.45, 7) is 4.04. The summed E-state index contributed by atoms with van der Waals surface area (Å²) < 4.78 is 15.1. The number of allylic oxidation sites excluding steroid dienone is 2. The lowest BCUT2D eigenvalue weighted by Crippen LogP contribution is -2.66. The normalized spacial score (nSPS) is 35.5. The lowest BCUT2D eigenvalue weighted by atomic mass is 9.71. The summed E-state index contributed by atoms with van der Waals surface area (Å²) in [5.74, 6) is -3.89. The molecule has 0 amide bonds. The molecular formula is C21H30ClFN3O5+. The first kappa shape index (κ1) is 25.2. The molecule has 10 heteroatoms. The molecule has 2 fully saturated rings. The number of piperidine rings is 1. The second kappa shape index (κ2) is 8.82. The van der Waals surface area contributed by atoms with Gasteiger partial charge in [-0.25, -0.2) is 4.39 Å². The molecule has 0 aromatic carbocycles. The Morgan fingerprint density at radius 3 is 2.58 bits per heavy atom. The van der Waals surface area contributed by atoms with Gasteiger partial charge in [0.15, 0.2) is 6.04 Å². The third-order valence-electron chi connectivity index (χ3n) is 6.96. The number of Topliss-reactive ketones (excluding diaryl/α,β-unsaturated/α-hetero) is 2. The number of hydrogen-bond donors (Lipinski definition) is 1. The maximum Gasteiger partial charge on any atom is 0.318 e. The van der Waals surface area contributed by atoms with Gasteiger partial charge in [-0.05, 0) is 32.5 Å².